The van der Waals surface area contributed by atoms with Gasteiger partial charge in [-0.1, -0.05) is 36.9 Å². The molecule has 6 nitrogen and oxygen atoms in total. The molecule has 132 valence electrons. The van der Waals surface area contributed by atoms with E-state index in [1.165, 1.54) is 22.5 Å². The van der Waals surface area contributed by atoms with E-state index in [1.807, 2.05) is 13.0 Å². The summed E-state index contributed by atoms with van der Waals surface area (Å²) in [6.07, 6.45) is 0.679. The zero-order valence-corrected chi connectivity index (χ0v) is 14.7. The van der Waals surface area contributed by atoms with Crippen LogP contribution in [0.15, 0.2) is 29.4 Å². The molecule has 2 aliphatic heterocycles. The average Bonchev–Trinajstić information content (AvgIpc) is 3.18. The van der Waals surface area contributed by atoms with Crippen molar-refractivity contribution in [3.63, 3.8) is 0 Å². The van der Waals surface area contributed by atoms with Gasteiger partial charge in [-0.05, 0) is 6.07 Å². The van der Waals surface area contributed by atoms with Gasteiger partial charge in [0.05, 0.1) is 19.3 Å². The van der Waals surface area contributed by atoms with Crippen molar-refractivity contribution in [2.24, 2.45) is 0 Å². The topological polar surface area (TPSA) is 60.2 Å². The van der Waals surface area contributed by atoms with Crippen LogP contribution in [0.4, 0.5) is 4.39 Å². The van der Waals surface area contributed by atoms with E-state index in [2.05, 4.69) is 15.0 Å². The van der Waals surface area contributed by atoms with Crippen LogP contribution in [0.1, 0.15) is 29.1 Å². The number of hydrogen-bond donors (Lipinski definition) is 0. The van der Waals surface area contributed by atoms with E-state index in [1.54, 1.807) is 12.1 Å². The molecule has 0 aliphatic carbocycles. The van der Waals surface area contributed by atoms with Gasteiger partial charge in [0, 0.05) is 25.1 Å². The van der Waals surface area contributed by atoms with Crippen LogP contribution in [-0.2, 0) is 11.2 Å². The van der Waals surface area contributed by atoms with E-state index >= 15 is 0 Å². The smallest absolute Gasteiger partial charge is 0.264 e. The van der Waals surface area contributed by atoms with Crippen molar-refractivity contribution in [3.8, 4) is 0 Å². The van der Waals surface area contributed by atoms with Crippen LogP contribution < -0.4 is 0 Å². The molecule has 0 saturated carbocycles. The minimum Gasteiger partial charge on any atom is -0.379 e. The summed E-state index contributed by atoms with van der Waals surface area (Å²) in [6.45, 7) is 4.45. The van der Waals surface area contributed by atoms with Gasteiger partial charge < -0.3 is 4.74 Å². The van der Waals surface area contributed by atoms with Gasteiger partial charge in [-0.3, -0.25) is 9.69 Å². The summed E-state index contributed by atoms with van der Waals surface area (Å²) in [6, 6.07) is 6.31. The molecule has 8 heteroatoms. The first-order valence-electron chi connectivity index (χ1n) is 8.42. The van der Waals surface area contributed by atoms with Crippen molar-refractivity contribution in [1.29, 1.82) is 0 Å². The minimum absolute atomic E-state index is 0.132. The van der Waals surface area contributed by atoms with Crippen LogP contribution in [0.25, 0.3) is 0 Å². The number of rotatable bonds is 4. The Morgan fingerprint density at radius 1 is 1.36 bits per heavy atom. The molecule has 3 heterocycles. The van der Waals surface area contributed by atoms with Gasteiger partial charge in [0.2, 0.25) is 0 Å². The number of aryl methyl sites for hydroxylation is 1. The summed E-state index contributed by atoms with van der Waals surface area (Å²) in [5.41, 5.74) is 0.539. The number of hydrogen-bond acceptors (Lipinski definition) is 6. The maximum Gasteiger partial charge on any atom is 0.264 e. The van der Waals surface area contributed by atoms with Gasteiger partial charge in [-0.2, -0.15) is 4.68 Å². The zero-order chi connectivity index (χ0) is 17.4. The molecule has 1 aromatic heterocycles. The first-order chi connectivity index (χ1) is 12.2. The second kappa shape index (κ2) is 6.86. The molecule has 2 unspecified atom stereocenters. The van der Waals surface area contributed by atoms with Crippen LogP contribution in [0, 0.1) is 5.82 Å². The van der Waals surface area contributed by atoms with Crippen LogP contribution >= 0.6 is 11.8 Å². The molecule has 2 aromatic rings. The van der Waals surface area contributed by atoms with Crippen LogP contribution in [0.5, 0.6) is 0 Å². The highest BCUT2D eigenvalue weighted by molar-refractivity contribution is 8.00. The fourth-order valence-corrected chi connectivity index (χ4v) is 4.58. The molecule has 0 radical (unpaired) electrons. The lowest BCUT2D eigenvalue weighted by Gasteiger charge is -2.36. The molecular weight excluding hydrogens is 343 g/mol. The molecule has 0 amide bonds. The number of halogens is 1. The van der Waals surface area contributed by atoms with Crippen molar-refractivity contribution in [1.82, 2.24) is 19.7 Å². The fourth-order valence-electron chi connectivity index (χ4n) is 3.31. The average molecular weight is 362 g/mol. The van der Waals surface area contributed by atoms with E-state index in [4.69, 9.17) is 4.74 Å². The van der Waals surface area contributed by atoms with Crippen molar-refractivity contribution >= 4 is 17.7 Å². The third-order valence-electron chi connectivity index (χ3n) is 4.57. The Labute approximate surface area is 149 Å². The van der Waals surface area contributed by atoms with Gasteiger partial charge in [0.25, 0.3) is 5.91 Å². The number of carbonyl (C=O) groups excluding carboxylic acids is 1. The SMILES string of the molecule is CCc1nc2n(n1)C(=O)C(C(c1ccccc1F)N1CCOCC1)S2. The fraction of sp³-hybridized carbons (Fsp3) is 0.471. The molecule has 0 spiro atoms. The number of carbonyl (C=O) groups is 1. The number of fused-ring (bicyclic) bond motifs is 1. The Morgan fingerprint density at radius 3 is 2.80 bits per heavy atom. The number of ether oxygens (including phenoxy) is 1. The first-order valence-corrected chi connectivity index (χ1v) is 9.30. The van der Waals surface area contributed by atoms with E-state index in [9.17, 15) is 9.18 Å². The quantitative estimate of drug-likeness (QED) is 0.831. The predicted octanol–water partition coefficient (Wildman–Crippen LogP) is 2.17. The van der Waals surface area contributed by atoms with E-state index in [0.717, 1.165) is 0 Å². The molecular formula is C17H19FN4O2S. The number of nitrogens with zero attached hydrogens (tertiary/aromatic N) is 4. The molecule has 25 heavy (non-hydrogen) atoms. The maximum atomic E-state index is 14.5. The summed E-state index contributed by atoms with van der Waals surface area (Å²) < 4.78 is 21.3. The molecule has 4 rings (SSSR count). The number of morpholine rings is 1. The van der Waals surface area contributed by atoms with Gasteiger partial charge in [-0.15, -0.1) is 5.10 Å². The predicted molar refractivity (Wildman–Crippen MR) is 91.2 cm³/mol. The Balaban J connectivity index is 1.70. The molecule has 0 N–H and O–H groups in total. The van der Waals surface area contributed by atoms with Crippen molar-refractivity contribution in [3.05, 3.63) is 41.5 Å². The van der Waals surface area contributed by atoms with Crippen LogP contribution in [0.2, 0.25) is 0 Å². The lowest BCUT2D eigenvalue weighted by molar-refractivity contribution is 0.0145. The molecule has 1 fully saturated rings. The highest BCUT2D eigenvalue weighted by atomic mass is 32.2. The van der Waals surface area contributed by atoms with Gasteiger partial charge in [-0.25, -0.2) is 9.37 Å². The molecule has 2 atom stereocenters. The second-order valence-electron chi connectivity index (χ2n) is 6.07. The summed E-state index contributed by atoms with van der Waals surface area (Å²) >= 11 is 1.38. The number of aromatic nitrogens is 3. The van der Waals surface area contributed by atoms with Crippen LogP contribution in [-0.4, -0.2) is 57.1 Å². The van der Waals surface area contributed by atoms with E-state index < -0.39 is 5.25 Å². The van der Waals surface area contributed by atoms with E-state index in [0.29, 0.717) is 49.3 Å². The van der Waals surface area contributed by atoms with Crippen molar-refractivity contribution in [2.45, 2.75) is 29.8 Å². The Hall–Kier alpha value is -1.77. The third-order valence-corrected chi connectivity index (χ3v) is 5.76. The highest BCUT2D eigenvalue weighted by Gasteiger charge is 2.44. The summed E-state index contributed by atoms with van der Waals surface area (Å²) in [7, 11) is 0. The zero-order valence-electron chi connectivity index (χ0n) is 13.9. The first kappa shape index (κ1) is 16.7. The van der Waals surface area contributed by atoms with E-state index in [-0.39, 0.29) is 17.8 Å². The summed E-state index contributed by atoms with van der Waals surface area (Å²) in [5.74, 6) is 0.231. The van der Waals surface area contributed by atoms with Crippen LogP contribution in [0.3, 0.4) is 0 Å². The van der Waals surface area contributed by atoms with Gasteiger partial charge in [0.1, 0.15) is 11.1 Å². The standard InChI is InChI=1S/C17H19FN4O2S/c1-2-13-19-17-22(20-13)16(23)15(25-17)14(21-7-9-24-10-8-21)11-5-3-4-6-12(11)18/h3-6,14-15H,2,7-10H2,1H3. The summed E-state index contributed by atoms with van der Waals surface area (Å²) in [5, 5.41) is 4.42. The van der Waals surface area contributed by atoms with Gasteiger partial charge in [0.15, 0.2) is 11.0 Å². The Morgan fingerprint density at radius 2 is 2.12 bits per heavy atom. The van der Waals surface area contributed by atoms with Gasteiger partial charge >= 0.3 is 0 Å². The summed E-state index contributed by atoms with van der Waals surface area (Å²) in [4.78, 5) is 19.5. The lowest BCUT2D eigenvalue weighted by Crippen LogP contribution is -2.45. The normalized spacial score (nSPS) is 22.2. The monoisotopic (exact) mass is 362 g/mol. The Kier molecular flexibility index (Phi) is 4.58. The number of thioether (sulfide) groups is 1. The molecule has 1 aromatic carbocycles. The second-order valence-corrected chi connectivity index (χ2v) is 7.18. The third kappa shape index (κ3) is 2.98. The minimum atomic E-state index is -0.462. The lowest BCUT2D eigenvalue weighted by atomic mass is 10.00. The number of benzene rings is 1. The Bertz CT molecular complexity index is 791. The molecule has 1 saturated heterocycles. The van der Waals surface area contributed by atoms with Crippen molar-refractivity contribution in [2.75, 3.05) is 26.3 Å². The highest BCUT2D eigenvalue weighted by Crippen LogP contribution is 2.41. The molecule has 0 bridgehead atoms. The molecule has 2 aliphatic rings. The van der Waals surface area contributed by atoms with Crippen molar-refractivity contribution < 1.29 is 13.9 Å². The maximum absolute atomic E-state index is 14.5. The largest absolute Gasteiger partial charge is 0.379 e.